The molecule has 0 amide bonds. The zero-order valence-corrected chi connectivity index (χ0v) is 12.4. The molecule has 1 fully saturated rings. The van der Waals surface area contributed by atoms with Crippen molar-refractivity contribution in [3.05, 3.63) is 30.4 Å². The van der Waals surface area contributed by atoms with Crippen LogP contribution in [0, 0.1) is 6.92 Å². The Morgan fingerprint density at radius 1 is 1.19 bits per heavy atom. The van der Waals surface area contributed by atoms with Crippen molar-refractivity contribution in [1.82, 2.24) is 24.8 Å². The number of hydrogen-bond donors (Lipinski definition) is 1. The minimum atomic E-state index is 0.0931. The van der Waals surface area contributed by atoms with Gasteiger partial charge in [0.2, 0.25) is 0 Å². The Labute approximate surface area is 123 Å². The Kier molecular flexibility index (Phi) is 2.72. The van der Waals surface area contributed by atoms with Gasteiger partial charge in [0.05, 0.1) is 17.2 Å². The third kappa shape index (κ3) is 1.84. The van der Waals surface area contributed by atoms with Gasteiger partial charge in [0.25, 0.3) is 0 Å². The average Bonchev–Trinajstić information content (AvgIpc) is 2.85. The fraction of sp³-hybridized carbons (Fsp3) is 0.438. The average molecular weight is 281 g/mol. The second kappa shape index (κ2) is 4.49. The first-order valence-corrected chi connectivity index (χ1v) is 7.49. The predicted octanol–water partition coefficient (Wildman–Crippen LogP) is 2.39. The minimum absolute atomic E-state index is 0.0931. The van der Waals surface area contributed by atoms with Gasteiger partial charge in [0.15, 0.2) is 0 Å². The SMILES string of the molecule is Cc1nc2cnc3cccnc3c2n1C1(C)CCNCC1. The van der Waals surface area contributed by atoms with Crippen LogP contribution in [0.25, 0.3) is 22.1 Å². The van der Waals surface area contributed by atoms with Gasteiger partial charge < -0.3 is 9.88 Å². The summed E-state index contributed by atoms with van der Waals surface area (Å²) in [5.74, 6) is 1.05. The Hall–Kier alpha value is -2.01. The number of rotatable bonds is 1. The summed E-state index contributed by atoms with van der Waals surface area (Å²) in [6, 6.07) is 3.94. The van der Waals surface area contributed by atoms with Crippen molar-refractivity contribution in [3.63, 3.8) is 0 Å². The molecule has 4 rings (SSSR count). The lowest BCUT2D eigenvalue weighted by Gasteiger charge is -2.37. The van der Waals surface area contributed by atoms with Crippen LogP contribution in [0.2, 0.25) is 0 Å². The van der Waals surface area contributed by atoms with E-state index in [1.165, 1.54) is 0 Å². The first-order valence-electron chi connectivity index (χ1n) is 7.49. The molecule has 0 aliphatic carbocycles. The number of hydrogen-bond acceptors (Lipinski definition) is 4. The van der Waals surface area contributed by atoms with Gasteiger partial charge in [0, 0.05) is 11.7 Å². The number of aromatic nitrogens is 4. The first-order chi connectivity index (χ1) is 10.2. The zero-order chi connectivity index (χ0) is 14.4. The van der Waals surface area contributed by atoms with E-state index in [1.54, 1.807) is 0 Å². The molecule has 4 heterocycles. The number of pyridine rings is 2. The van der Waals surface area contributed by atoms with Crippen LogP contribution in [0.3, 0.4) is 0 Å². The zero-order valence-electron chi connectivity index (χ0n) is 12.4. The van der Waals surface area contributed by atoms with Gasteiger partial charge in [-0.05, 0) is 51.9 Å². The van der Waals surface area contributed by atoms with Crippen molar-refractivity contribution in [3.8, 4) is 0 Å². The van der Waals surface area contributed by atoms with Gasteiger partial charge >= 0.3 is 0 Å². The molecule has 0 radical (unpaired) electrons. The summed E-state index contributed by atoms with van der Waals surface area (Å²) in [6.45, 7) is 6.51. The highest BCUT2D eigenvalue weighted by molar-refractivity contribution is 5.99. The van der Waals surface area contributed by atoms with Crippen LogP contribution in [0.1, 0.15) is 25.6 Å². The maximum Gasteiger partial charge on any atom is 0.115 e. The van der Waals surface area contributed by atoms with Gasteiger partial charge in [-0.1, -0.05) is 0 Å². The Morgan fingerprint density at radius 3 is 2.81 bits per heavy atom. The molecule has 1 saturated heterocycles. The quantitative estimate of drug-likeness (QED) is 0.744. The number of aryl methyl sites for hydroxylation is 1. The number of imidazole rings is 1. The second-order valence-electron chi connectivity index (χ2n) is 6.10. The van der Waals surface area contributed by atoms with E-state index in [2.05, 4.69) is 33.7 Å². The van der Waals surface area contributed by atoms with Crippen molar-refractivity contribution in [2.75, 3.05) is 13.1 Å². The molecule has 1 aliphatic rings. The van der Waals surface area contributed by atoms with Crippen molar-refractivity contribution in [2.24, 2.45) is 0 Å². The van der Waals surface area contributed by atoms with E-state index in [9.17, 15) is 0 Å². The lowest BCUT2D eigenvalue weighted by atomic mass is 9.90. The number of nitrogens with one attached hydrogen (secondary N) is 1. The molecule has 21 heavy (non-hydrogen) atoms. The summed E-state index contributed by atoms with van der Waals surface area (Å²) in [5, 5.41) is 3.44. The van der Waals surface area contributed by atoms with Crippen LogP contribution in [-0.4, -0.2) is 32.6 Å². The lowest BCUT2D eigenvalue weighted by molar-refractivity contribution is 0.234. The molecule has 5 nitrogen and oxygen atoms in total. The molecule has 108 valence electrons. The van der Waals surface area contributed by atoms with Crippen LogP contribution in [-0.2, 0) is 5.54 Å². The van der Waals surface area contributed by atoms with Gasteiger partial charge in [0.1, 0.15) is 16.9 Å². The fourth-order valence-corrected chi connectivity index (χ4v) is 3.53. The van der Waals surface area contributed by atoms with Crippen LogP contribution in [0.5, 0.6) is 0 Å². The van der Waals surface area contributed by atoms with Crippen LogP contribution < -0.4 is 5.32 Å². The number of nitrogens with zero attached hydrogens (tertiary/aromatic N) is 4. The van der Waals surface area contributed by atoms with Gasteiger partial charge in [-0.25, -0.2) is 4.98 Å². The molecule has 3 aromatic heterocycles. The van der Waals surface area contributed by atoms with E-state index >= 15 is 0 Å². The van der Waals surface area contributed by atoms with Crippen molar-refractivity contribution < 1.29 is 0 Å². The lowest BCUT2D eigenvalue weighted by Crippen LogP contribution is -2.42. The standard InChI is InChI=1S/C16H19N5/c1-11-20-13-10-19-12-4-3-7-18-14(12)15(13)21(11)16(2)5-8-17-9-6-16/h3-4,7,10,17H,5-6,8-9H2,1-2H3. The fourth-order valence-electron chi connectivity index (χ4n) is 3.53. The molecule has 0 aromatic carbocycles. The molecular formula is C16H19N5. The second-order valence-corrected chi connectivity index (χ2v) is 6.10. The van der Waals surface area contributed by atoms with Crippen molar-refractivity contribution >= 4 is 22.1 Å². The molecule has 5 heteroatoms. The molecule has 1 aliphatic heterocycles. The van der Waals surface area contributed by atoms with Gasteiger partial charge in [-0.15, -0.1) is 0 Å². The summed E-state index contributed by atoms with van der Waals surface area (Å²) in [6.07, 6.45) is 5.92. The number of piperidine rings is 1. The minimum Gasteiger partial charge on any atom is -0.320 e. The first kappa shape index (κ1) is 12.7. The van der Waals surface area contributed by atoms with E-state index in [0.717, 1.165) is 53.8 Å². The molecule has 0 unspecified atom stereocenters. The van der Waals surface area contributed by atoms with Gasteiger partial charge in [-0.2, -0.15) is 0 Å². The molecular weight excluding hydrogens is 262 g/mol. The predicted molar refractivity (Wildman–Crippen MR) is 83.3 cm³/mol. The Morgan fingerprint density at radius 2 is 2.00 bits per heavy atom. The Balaban J connectivity index is 2.07. The van der Waals surface area contributed by atoms with Crippen LogP contribution >= 0.6 is 0 Å². The molecule has 0 bridgehead atoms. The smallest absolute Gasteiger partial charge is 0.115 e. The summed E-state index contributed by atoms with van der Waals surface area (Å²) in [5.41, 5.74) is 4.05. The Bertz CT molecular complexity index is 814. The van der Waals surface area contributed by atoms with Crippen molar-refractivity contribution in [1.29, 1.82) is 0 Å². The van der Waals surface area contributed by atoms with E-state index in [-0.39, 0.29) is 5.54 Å². The highest BCUT2D eigenvalue weighted by Crippen LogP contribution is 2.34. The van der Waals surface area contributed by atoms with Crippen LogP contribution in [0.4, 0.5) is 0 Å². The van der Waals surface area contributed by atoms with E-state index in [1.807, 2.05) is 24.5 Å². The molecule has 0 spiro atoms. The van der Waals surface area contributed by atoms with E-state index < -0.39 is 0 Å². The monoisotopic (exact) mass is 281 g/mol. The van der Waals surface area contributed by atoms with E-state index in [0.29, 0.717) is 0 Å². The summed E-state index contributed by atoms with van der Waals surface area (Å²) >= 11 is 0. The molecule has 0 atom stereocenters. The summed E-state index contributed by atoms with van der Waals surface area (Å²) in [4.78, 5) is 13.8. The molecule has 1 N–H and O–H groups in total. The van der Waals surface area contributed by atoms with Crippen molar-refractivity contribution in [2.45, 2.75) is 32.2 Å². The summed E-state index contributed by atoms with van der Waals surface area (Å²) in [7, 11) is 0. The number of fused-ring (bicyclic) bond motifs is 3. The topological polar surface area (TPSA) is 55.6 Å². The largest absolute Gasteiger partial charge is 0.320 e. The third-order valence-corrected chi connectivity index (χ3v) is 4.63. The molecule has 3 aromatic rings. The van der Waals surface area contributed by atoms with Crippen LogP contribution in [0.15, 0.2) is 24.5 Å². The summed E-state index contributed by atoms with van der Waals surface area (Å²) < 4.78 is 2.39. The molecule has 0 saturated carbocycles. The van der Waals surface area contributed by atoms with Gasteiger partial charge in [-0.3, -0.25) is 9.97 Å². The van der Waals surface area contributed by atoms with E-state index in [4.69, 9.17) is 4.98 Å². The third-order valence-electron chi connectivity index (χ3n) is 4.63. The highest BCUT2D eigenvalue weighted by atomic mass is 15.2. The highest BCUT2D eigenvalue weighted by Gasteiger charge is 2.32. The normalized spacial score (nSPS) is 18.4. The maximum absolute atomic E-state index is 4.72. The maximum atomic E-state index is 4.72.